The number of carbonyl (C=O) groups is 1. The molecule has 1 aromatic rings. The minimum Gasteiger partial charge on any atom is -0.481 e. The van der Waals surface area contributed by atoms with Gasteiger partial charge in [0.2, 0.25) is 0 Å². The summed E-state index contributed by atoms with van der Waals surface area (Å²) >= 11 is 5.70. The molecule has 100 valence electrons. The molecular formula is C11H11ClF3NO2. The Morgan fingerprint density at radius 1 is 1.50 bits per heavy atom. The first-order valence-corrected chi connectivity index (χ1v) is 5.42. The topological polar surface area (TPSA) is 38.3 Å². The van der Waals surface area contributed by atoms with Gasteiger partial charge in [-0.1, -0.05) is 17.7 Å². The minimum atomic E-state index is -4.44. The molecule has 0 fully saturated rings. The SMILES string of the molecule is CC(Oc1cccc(Cl)c1)C(=O)NCC(F)(F)F. The third kappa shape index (κ3) is 5.27. The fraction of sp³-hybridized carbons (Fsp3) is 0.364. The lowest BCUT2D eigenvalue weighted by molar-refractivity contribution is -0.142. The van der Waals surface area contributed by atoms with Crippen molar-refractivity contribution in [3.63, 3.8) is 0 Å². The number of nitrogens with one attached hydrogen (secondary N) is 1. The predicted molar refractivity (Wildman–Crippen MR) is 60.6 cm³/mol. The zero-order valence-corrected chi connectivity index (χ0v) is 10.2. The molecule has 0 radical (unpaired) electrons. The second-order valence-corrected chi connectivity index (χ2v) is 3.99. The molecule has 0 aliphatic heterocycles. The van der Waals surface area contributed by atoms with Gasteiger partial charge in [-0.15, -0.1) is 0 Å². The van der Waals surface area contributed by atoms with E-state index in [1.54, 1.807) is 23.5 Å². The molecular weight excluding hydrogens is 271 g/mol. The number of alkyl halides is 3. The van der Waals surface area contributed by atoms with Gasteiger partial charge in [0.25, 0.3) is 5.91 Å². The van der Waals surface area contributed by atoms with E-state index in [-0.39, 0.29) is 0 Å². The smallest absolute Gasteiger partial charge is 0.405 e. The summed E-state index contributed by atoms with van der Waals surface area (Å²) in [6.45, 7) is -0.0261. The Labute approximate surface area is 107 Å². The van der Waals surface area contributed by atoms with E-state index in [1.165, 1.54) is 13.0 Å². The highest BCUT2D eigenvalue weighted by Crippen LogP contribution is 2.18. The molecule has 0 aliphatic rings. The van der Waals surface area contributed by atoms with E-state index in [9.17, 15) is 18.0 Å². The number of halogens is 4. The standard InChI is InChI=1S/C11H11ClF3NO2/c1-7(10(17)16-6-11(13,14)15)18-9-4-2-3-8(12)5-9/h2-5,7H,6H2,1H3,(H,16,17). The van der Waals surface area contributed by atoms with E-state index < -0.39 is 24.7 Å². The average Bonchev–Trinajstić information content (AvgIpc) is 2.24. The van der Waals surface area contributed by atoms with E-state index in [0.717, 1.165) is 0 Å². The molecule has 1 N–H and O–H groups in total. The van der Waals surface area contributed by atoms with Gasteiger partial charge >= 0.3 is 6.18 Å². The second kappa shape index (κ2) is 5.95. The highest BCUT2D eigenvalue weighted by atomic mass is 35.5. The molecule has 0 aliphatic carbocycles. The Morgan fingerprint density at radius 2 is 2.17 bits per heavy atom. The summed E-state index contributed by atoms with van der Waals surface area (Å²) < 4.78 is 40.8. The van der Waals surface area contributed by atoms with Gasteiger partial charge in [-0.05, 0) is 25.1 Å². The maximum absolute atomic E-state index is 11.9. The van der Waals surface area contributed by atoms with Crippen molar-refractivity contribution < 1.29 is 22.7 Å². The van der Waals surface area contributed by atoms with E-state index in [4.69, 9.17) is 16.3 Å². The van der Waals surface area contributed by atoms with Gasteiger partial charge in [-0.25, -0.2) is 0 Å². The van der Waals surface area contributed by atoms with Crippen LogP contribution in [0.5, 0.6) is 5.75 Å². The lowest BCUT2D eigenvalue weighted by Crippen LogP contribution is -2.41. The van der Waals surface area contributed by atoms with Gasteiger partial charge in [-0.2, -0.15) is 13.2 Å². The molecule has 0 heterocycles. The number of carbonyl (C=O) groups excluding carboxylic acids is 1. The van der Waals surface area contributed by atoms with E-state index in [1.807, 2.05) is 0 Å². The van der Waals surface area contributed by atoms with Gasteiger partial charge in [0.05, 0.1) is 0 Å². The Bertz CT molecular complexity index is 423. The maximum Gasteiger partial charge on any atom is 0.405 e. The fourth-order valence-electron chi connectivity index (χ4n) is 1.13. The zero-order valence-electron chi connectivity index (χ0n) is 9.42. The summed E-state index contributed by atoms with van der Waals surface area (Å²) in [5.74, 6) is -0.524. The molecule has 1 aromatic carbocycles. The zero-order chi connectivity index (χ0) is 13.8. The molecule has 1 atom stereocenters. The summed E-state index contributed by atoms with van der Waals surface area (Å²) in [6, 6.07) is 6.25. The monoisotopic (exact) mass is 281 g/mol. The predicted octanol–water partition coefficient (Wildman–Crippen LogP) is 2.79. The molecule has 7 heteroatoms. The highest BCUT2D eigenvalue weighted by molar-refractivity contribution is 6.30. The normalized spacial score (nSPS) is 12.9. The minimum absolute atomic E-state index is 0.317. The molecule has 1 rings (SSSR count). The third-order valence-electron chi connectivity index (χ3n) is 1.94. The quantitative estimate of drug-likeness (QED) is 0.922. The van der Waals surface area contributed by atoms with Crippen molar-refractivity contribution in [3.05, 3.63) is 29.3 Å². The maximum atomic E-state index is 11.9. The number of hydrogen-bond acceptors (Lipinski definition) is 2. The van der Waals surface area contributed by atoms with E-state index in [0.29, 0.717) is 10.8 Å². The van der Waals surface area contributed by atoms with Gasteiger partial charge in [-0.3, -0.25) is 4.79 Å². The van der Waals surface area contributed by atoms with Crippen molar-refractivity contribution in [2.75, 3.05) is 6.54 Å². The third-order valence-corrected chi connectivity index (χ3v) is 2.18. The molecule has 1 unspecified atom stereocenters. The van der Waals surface area contributed by atoms with E-state index >= 15 is 0 Å². The van der Waals surface area contributed by atoms with E-state index in [2.05, 4.69) is 0 Å². The first kappa shape index (κ1) is 14.6. The summed E-state index contributed by atoms with van der Waals surface area (Å²) in [5.41, 5.74) is 0. The molecule has 0 aromatic heterocycles. The molecule has 0 saturated heterocycles. The first-order chi connectivity index (χ1) is 8.28. The number of hydrogen-bond donors (Lipinski definition) is 1. The van der Waals surface area contributed by atoms with Crippen LogP contribution in [0.3, 0.4) is 0 Å². The van der Waals surface area contributed by atoms with Crippen molar-refractivity contribution in [1.29, 1.82) is 0 Å². The van der Waals surface area contributed by atoms with Crippen molar-refractivity contribution in [3.8, 4) is 5.75 Å². The van der Waals surface area contributed by atoms with Gasteiger partial charge in [0.1, 0.15) is 12.3 Å². The molecule has 0 saturated carbocycles. The highest BCUT2D eigenvalue weighted by Gasteiger charge is 2.29. The van der Waals surface area contributed by atoms with Crippen molar-refractivity contribution in [2.45, 2.75) is 19.2 Å². The molecule has 1 amide bonds. The number of rotatable bonds is 4. The lowest BCUT2D eigenvalue weighted by atomic mass is 10.3. The van der Waals surface area contributed by atoms with Crippen LogP contribution < -0.4 is 10.1 Å². The Hall–Kier alpha value is -1.43. The number of benzene rings is 1. The van der Waals surface area contributed by atoms with Crippen LogP contribution in [-0.4, -0.2) is 24.7 Å². The van der Waals surface area contributed by atoms with Gasteiger partial charge in [0, 0.05) is 5.02 Å². The summed E-state index contributed by atoms with van der Waals surface area (Å²) in [6.07, 6.45) is -5.48. The Balaban J connectivity index is 2.50. The van der Waals surface area contributed by atoms with Crippen LogP contribution in [0.25, 0.3) is 0 Å². The van der Waals surface area contributed by atoms with Crippen molar-refractivity contribution >= 4 is 17.5 Å². The number of ether oxygens (including phenoxy) is 1. The van der Waals surface area contributed by atoms with Crippen LogP contribution in [0.2, 0.25) is 5.02 Å². The average molecular weight is 282 g/mol. The summed E-state index contributed by atoms with van der Waals surface area (Å²) in [5, 5.41) is 2.15. The largest absolute Gasteiger partial charge is 0.481 e. The van der Waals surface area contributed by atoms with Crippen LogP contribution >= 0.6 is 11.6 Å². The summed E-state index contributed by atoms with van der Waals surface area (Å²) in [4.78, 5) is 11.3. The Kier molecular flexibility index (Phi) is 4.84. The molecule has 3 nitrogen and oxygen atoms in total. The van der Waals surface area contributed by atoms with Crippen molar-refractivity contribution in [1.82, 2.24) is 5.32 Å². The van der Waals surface area contributed by atoms with Crippen molar-refractivity contribution in [2.24, 2.45) is 0 Å². The molecule has 18 heavy (non-hydrogen) atoms. The molecule has 0 bridgehead atoms. The second-order valence-electron chi connectivity index (χ2n) is 3.55. The fourth-order valence-corrected chi connectivity index (χ4v) is 1.31. The van der Waals surface area contributed by atoms with Crippen LogP contribution in [0.4, 0.5) is 13.2 Å². The van der Waals surface area contributed by atoms with Crippen LogP contribution in [0.15, 0.2) is 24.3 Å². The van der Waals surface area contributed by atoms with Crippen LogP contribution in [0, 0.1) is 0 Å². The first-order valence-electron chi connectivity index (χ1n) is 5.04. The number of amides is 1. The van der Waals surface area contributed by atoms with Crippen LogP contribution in [-0.2, 0) is 4.79 Å². The van der Waals surface area contributed by atoms with Gasteiger partial charge in [0.15, 0.2) is 6.10 Å². The Morgan fingerprint density at radius 3 is 2.72 bits per heavy atom. The molecule has 0 spiro atoms. The lowest BCUT2D eigenvalue weighted by Gasteiger charge is -2.15. The van der Waals surface area contributed by atoms with Crippen LogP contribution in [0.1, 0.15) is 6.92 Å². The summed E-state index contributed by atoms with van der Waals surface area (Å²) in [7, 11) is 0. The van der Waals surface area contributed by atoms with Gasteiger partial charge < -0.3 is 10.1 Å².